The van der Waals surface area contributed by atoms with Gasteiger partial charge in [0.25, 0.3) is 0 Å². The van der Waals surface area contributed by atoms with Gasteiger partial charge in [-0.2, -0.15) is 0 Å². The predicted octanol–water partition coefficient (Wildman–Crippen LogP) is 4.71. The lowest BCUT2D eigenvalue weighted by Crippen LogP contribution is -2.27. The first kappa shape index (κ1) is 15.8. The van der Waals surface area contributed by atoms with Crippen LogP contribution >= 0.6 is 15.9 Å². The zero-order valence-electron chi connectivity index (χ0n) is 12.4. The number of halogens is 1. The first-order valence-electron chi connectivity index (χ1n) is 7.64. The van der Waals surface area contributed by atoms with E-state index in [1.54, 1.807) is 0 Å². The monoisotopic (exact) mass is 340 g/mol. The van der Waals surface area contributed by atoms with Crippen molar-refractivity contribution in [3.05, 3.63) is 28.2 Å². The Balaban J connectivity index is 1.87. The minimum Gasteiger partial charge on any atom is -0.490 e. The SMILES string of the molecule is Cc1c(Br)cccc1OC1CCC([C@H](C)CCO)CC1. The standard InChI is InChI=1S/C17H25BrO2/c1-12(10-11-19)14-6-8-15(9-7-14)20-17-5-3-4-16(18)13(17)2/h3-5,12,14-15,19H,6-11H2,1-2H3/t12-,14?,15?/m1/s1. The molecular weight excluding hydrogens is 316 g/mol. The number of hydrogen-bond acceptors (Lipinski definition) is 2. The summed E-state index contributed by atoms with van der Waals surface area (Å²) < 4.78 is 7.29. The van der Waals surface area contributed by atoms with Crippen LogP contribution in [-0.2, 0) is 0 Å². The second kappa shape index (κ2) is 7.46. The molecule has 0 bridgehead atoms. The quantitative estimate of drug-likeness (QED) is 0.840. The Morgan fingerprint density at radius 1 is 1.30 bits per heavy atom. The van der Waals surface area contributed by atoms with E-state index in [1.807, 2.05) is 6.07 Å². The fourth-order valence-corrected chi connectivity index (χ4v) is 3.46. The van der Waals surface area contributed by atoms with Gasteiger partial charge in [-0.3, -0.25) is 0 Å². The van der Waals surface area contributed by atoms with Crippen LogP contribution in [0.4, 0.5) is 0 Å². The lowest BCUT2D eigenvalue weighted by atomic mass is 9.78. The van der Waals surface area contributed by atoms with Gasteiger partial charge in [-0.05, 0) is 63.0 Å². The van der Waals surface area contributed by atoms with Crippen molar-refractivity contribution in [1.29, 1.82) is 0 Å². The molecule has 1 atom stereocenters. The van der Waals surface area contributed by atoms with Gasteiger partial charge in [0.2, 0.25) is 0 Å². The topological polar surface area (TPSA) is 29.5 Å². The largest absolute Gasteiger partial charge is 0.490 e. The van der Waals surface area contributed by atoms with Gasteiger partial charge < -0.3 is 9.84 Å². The maximum atomic E-state index is 9.04. The molecule has 0 spiro atoms. The third-order valence-corrected chi connectivity index (χ3v) is 5.48. The summed E-state index contributed by atoms with van der Waals surface area (Å²) in [5, 5.41) is 9.04. The molecule has 112 valence electrons. The number of benzene rings is 1. The first-order chi connectivity index (χ1) is 9.61. The molecule has 0 unspecified atom stereocenters. The highest BCUT2D eigenvalue weighted by Crippen LogP contribution is 2.34. The van der Waals surface area contributed by atoms with Gasteiger partial charge in [0.05, 0.1) is 6.10 Å². The molecule has 3 heteroatoms. The molecule has 0 saturated heterocycles. The second-order valence-electron chi connectivity index (χ2n) is 6.01. The zero-order valence-corrected chi connectivity index (χ0v) is 14.0. The number of hydrogen-bond donors (Lipinski definition) is 1. The number of ether oxygens (including phenoxy) is 1. The van der Waals surface area contributed by atoms with Crippen LogP contribution in [0.15, 0.2) is 22.7 Å². The lowest BCUT2D eigenvalue weighted by molar-refractivity contribution is 0.105. The normalized spacial score (nSPS) is 24.4. The predicted molar refractivity (Wildman–Crippen MR) is 86.1 cm³/mol. The Morgan fingerprint density at radius 2 is 2.00 bits per heavy atom. The molecule has 1 saturated carbocycles. The van der Waals surface area contributed by atoms with Gasteiger partial charge in [0.1, 0.15) is 5.75 Å². The van der Waals surface area contributed by atoms with Crippen molar-refractivity contribution in [3.63, 3.8) is 0 Å². The third kappa shape index (κ3) is 3.98. The average molecular weight is 341 g/mol. The van der Waals surface area contributed by atoms with Gasteiger partial charge in [0, 0.05) is 16.6 Å². The third-order valence-electron chi connectivity index (χ3n) is 4.62. The Kier molecular flexibility index (Phi) is 5.91. The fourth-order valence-electron chi connectivity index (χ4n) is 3.11. The van der Waals surface area contributed by atoms with Crippen molar-refractivity contribution < 1.29 is 9.84 Å². The summed E-state index contributed by atoms with van der Waals surface area (Å²) in [4.78, 5) is 0. The van der Waals surface area contributed by atoms with Crippen LogP contribution in [0.2, 0.25) is 0 Å². The van der Waals surface area contributed by atoms with Crippen LogP contribution in [0.1, 0.15) is 44.6 Å². The molecule has 1 N–H and O–H groups in total. The van der Waals surface area contributed by atoms with Gasteiger partial charge in [-0.25, -0.2) is 0 Å². The molecule has 0 aromatic heterocycles. The van der Waals surface area contributed by atoms with E-state index in [1.165, 1.54) is 18.4 Å². The van der Waals surface area contributed by atoms with E-state index in [2.05, 4.69) is 41.9 Å². The number of aliphatic hydroxyl groups excluding tert-OH is 1. The van der Waals surface area contributed by atoms with Crippen molar-refractivity contribution in [2.75, 3.05) is 6.61 Å². The lowest BCUT2D eigenvalue weighted by Gasteiger charge is -2.32. The Hall–Kier alpha value is -0.540. The number of rotatable bonds is 5. The fraction of sp³-hybridized carbons (Fsp3) is 0.647. The molecule has 0 aliphatic heterocycles. The van der Waals surface area contributed by atoms with Crippen molar-refractivity contribution >= 4 is 15.9 Å². The van der Waals surface area contributed by atoms with E-state index in [9.17, 15) is 0 Å². The molecule has 1 aromatic rings. The molecule has 1 aliphatic rings. The van der Waals surface area contributed by atoms with Gasteiger partial charge >= 0.3 is 0 Å². The summed E-state index contributed by atoms with van der Waals surface area (Å²) >= 11 is 3.55. The molecular formula is C17H25BrO2. The van der Waals surface area contributed by atoms with Crippen LogP contribution < -0.4 is 4.74 Å². The molecule has 2 rings (SSSR count). The summed E-state index contributed by atoms with van der Waals surface area (Å²) in [6.45, 7) is 4.67. The van der Waals surface area contributed by atoms with Gasteiger partial charge in [-0.1, -0.05) is 28.9 Å². The molecule has 0 radical (unpaired) electrons. The Bertz CT molecular complexity index is 425. The summed E-state index contributed by atoms with van der Waals surface area (Å²) in [5.74, 6) is 2.39. The maximum Gasteiger partial charge on any atom is 0.123 e. The molecule has 0 heterocycles. The summed E-state index contributed by atoms with van der Waals surface area (Å²) in [7, 11) is 0. The minimum absolute atomic E-state index is 0.314. The Labute approximate surface area is 130 Å². The molecule has 1 aliphatic carbocycles. The zero-order chi connectivity index (χ0) is 14.5. The smallest absolute Gasteiger partial charge is 0.123 e. The number of aliphatic hydroxyl groups is 1. The second-order valence-corrected chi connectivity index (χ2v) is 6.86. The van der Waals surface area contributed by atoms with E-state index in [4.69, 9.17) is 9.84 Å². The highest BCUT2D eigenvalue weighted by Gasteiger charge is 2.26. The van der Waals surface area contributed by atoms with E-state index in [0.717, 1.165) is 35.4 Å². The van der Waals surface area contributed by atoms with Crippen LogP contribution in [-0.4, -0.2) is 17.8 Å². The van der Waals surface area contributed by atoms with Crippen LogP contribution in [0.5, 0.6) is 5.75 Å². The summed E-state index contributed by atoms with van der Waals surface area (Å²) in [6.07, 6.45) is 5.98. The van der Waals surface area contributed by atoms with Crippen LogP contribution in [0.25, 0.3) is 0 Å². The maximum absolute atomic E-state index is 9.04. The molecule has 1 aromatic carbocycles. The van der Waals surface area contributed by atoms with Crippen molar-refractivity contribution in [1.82, 2.24) is 0 Å². The minimum atomic E-state index is 0.314. The van der Waals surface area contributed by atoms with Crippen molar-refractivity contribution in [2.45, 2.75) is 52.1 Å². The molecule has 2 nitrogen and oxygen atoms in total. The highest BCUT2D eigenvalue weighted by molar-refractivity contribution is 9.10. The van der Waals surface area contributed by atoms with E-state index >= 15 is 0 Å². The molecule has 0 amide bonds. The highest BCUT2D eigenvalue weighted by atomic mass is 79.9. The Morgan fingerprint density at radius 3 is 2.65 bits per heavy atom. The van der Waals surface area contributed by atoms with Crippen molar-refractivity contribution in [2.24, 2.45) is 11.8 Å². The average Bonchev–Trinajstić information content (AvgIpc) is 2.45. The van der Waals surface area contributed by atoms with Crippen LogP contribution in [0.3, 0.4) is 0 Å². The molecule has 1 fully saturated rings. The van der Waals surface area contributed by atoms with Gasteiger partial charge in [0.15, 0.2) is 0 Å². The van der Waals surface area contributed by atoms with Crippen molar-refractivity contribution in [3.8, 4) is 5.75 Å². The van der Waals surface area contributed by atoms with E-state index in [-0.39, 0.29) is 0 Å². The summed E-state index contributed by atoms with van der Waals surface area (Å²) in [5.41, 5.74) is 1.18. The summed E-state index contributed by atoms with van der Waals surface area (Å²) in [6, 6.07) is 6.14. The van der Waals surface area contributed by atoms with Crippen LogP contribution in [0, 0.1) is 18.8 Å². The van der Waals surface area contributed by atoms with E-state index < -0.39 is 0 Å². The first-order valence-corrected chi connectivity index (χ1v) is 8.43. The van der Waals surface area contributed by atoms with Gasteiger partial charge in [-0.15, -0.1) is 0 Å². The molecule has 20 heavy (non-hydrogen) atoms. The van der Waals surface area contributed by atoms with E-state index in [0.29, 0.717) is 18.6 Å².